The molecular formula is C22H22Cl2N4O2. The summed E-state index contributed by atoms with van der Waals surface area (Å²) in [6.07, 6.45) is 1.63. The molecular weight excluding hydrogens is 423 g/mol. The Bertz CT molecular complexity index is 1060. The van der Waals surface area contributed by atoms with Crippen molar-refractivity contribution in [3.8, 4) is 5.88 Å². The Morgan fingerprint density at radius 2 is 1.83 bits per heavy atom. The lowest BCUT2D eigenvalue weighted by Crippen LogP contribution is -2.41. The van der Waals surface area contributed by atoms with Crippen LogP contribution in [0.25, 0.3) is 11.0 Å². The standard InChI is InChI=1S/C22H22Cl2N4O2/c1-2-30-22-20(25-17-10-3-4-11-18(17)26-22)28-12-6-7-14(13-28)21(29)27-19-15(23)8-5-9-16(19)24/h3-5,8-11,14H,2,6-7,12-13H2,1H3,(H,27,29). The second-order valence-electron chi connectivity index (χ2n) is 7.15. The number of nitrogens with zero attached hydrogens (tertiary/aromatic N) is 3. The van der Waals surface area contributed by atoms with Crippen LogP contribution in [0.4, 0.5) is 11.5 Å². The van der Waals surface area contributed by atoms with E-state index in [1.54, 1.807) is 18.2 Å². The molecule has 1 N–H and O–H groups in total. The van der Waals surface area contributed by atoms with Crippen LogP contribution in [0.3, 0.4) is 0 Å². The van der Waals surface area contributed by atoms with E-state index in [4.69, 9.17) is 32.9 Å². The summed E-state index contributed by atoms with van der Waals surface area (Å²) in [4.78, 5) is 24.5. The van der Waals surface area contributed by atoms with Crippen molar-refractivity contribution in [1.82, 2.24) is 9.97 Å². The number of para-hydroxylation sites is 3. The van der Waals surface area contributed by atoms with Gasteiger partial charge >= 0.3 is 0 Å². The second kappa shape index (κ2) is 9.06. The van der Waals surface area contributed by atoms with Crippen molar-refractivity contribution >= 4 is 51.6 Å². The molecule has 1 aliphatic heterocycles. The van der Waals surface area contributed by atoms with E-state index in [-0.39, 0.29) is 11.8 Å². The van der Waals surface area contributed by atoms with E-state index >= 15 is 0 Å². The monoisotopic (exact) mass is 444 g/mol. The molecule has 1 unspecified atom stereocenters. The topological polar surface area (TPSA) is 67.4 Å². The Morgan fingerprint density at radius 3 is 2.53 bits per heavy atom. The Kier molecular flexibility index (Phi) is 6.25. The number of hydrogen-bond donors (Lipinski definition) is 1. The van der Waals surface area contributed by atoms with Crippen LogP contribution in [0, 0.1) is 5.92 Å². The molecule has 0 aliphatic carbocycles. The van der Waals surface area contributed by atoms with Crippen molar-refractivity contribution in [2.24, 2.45) is 5.92 Å². The fourth-order valence-electron chi connectivity index (χ4n) is 3.64. The van der Waals surface area contributed by atoms with Crippen molar-refractivity contribution < 1.29 is 9.53 Å². The number of fused-ring (bicyclic) bond motifs is 1. The molecule has 1 aliphatic rings. The van der Waals surface area contributed by atoms with Gasteiger partial charge in [0.25, 0.3) is 5.88 Å². The van der Waals surface area contributed by atoms with Crippen molar-refractivity contribution in [2.75, 3.05) is 29.9 Å². The van der Waals surface area contributed by atoms with Crippen molar-refractivity contribution in [1.29, 1.82) is 0 Å². The van der Waals surface area contributed by atoms with Gasteiger partial charge in [0, 0.05) is 13.1 Å². The molecule has 2 heterocycles. The first kappa shape index (κ1) is 20.7. The first-order chi connectivity index (χ1) is 14.6. The lowest BCUT2D eigenvalue weighted by molar-refractivity contribution is -0.120. The first-order valence-electron chi connectivity index (χ1n) is 9.96. The van der Waals surface area contributed by atoms with Gasteiger partial charge in [-0.15, -0.1) is 0 Å². The maximum Gasteiger partial charge on any atom is 0.258 e. The number of aromatic nitrogens is 2. The second-order valence-corrected chi connectivity index (χ2v) is 7.96. The Labute approximate surface area is 185 Å². The number of ether oxygens (including phenoxy) is 1. The van der Waals surface area contributed by atoms with E-state index in [1.807, 2.05) is 31.2 Å². The summed E-state index contributed by atoms with van der Waals surface area (Å²) in [6.45, 7) is 3.70. The molecule has 4 rings (SSSR count). The molecule has 0 radical (unpaired) electrons. The van der Waals surface area contributed by atoms with Gasteiger partial charge in [-0.2, -0.15) is 0 Å². The average molecular weight is 445 g/mol. The molecule has 0 saturated carbocycles. The third-order valence-corrected chi connectivity index (χ3v) is 5.74. The molecule has 2 aromatic carbocycles. The van der Waals surface area contributed by atoms with Crippen LogP contribution in [-0.2, 0) is 4.79 Å². The maximum atomic E-state index is 12.9. The van der Waals surface area contributed by atoms with Crippen LogP contribution in [0.2, 0.25) is 10.0 Å². The number of hydrogen-bond acceptors (Lipinski definition) is 5. The summed E-state index contributed by atoms with van der Waals surface area (Å²) < 4.78 is 5.77. The predicted molar refractivity (Wildman–Crippen MR) is 121 cm³/mol. The number of rotatable bonds is 5. The van der Waals surface area contributed by atoms with E-state index in [9.17, 15) is 4.79 Å². The van der Waals surface area contributed by atoms with Crippen molar-refractivity contribution in [3.63, 3.8) is 0 Å². The van der Waals surface area contributed by atoms with Gasteiger partial charge in [-0.1, -0.05) is 41.4 Å². The molecule has 156 valence electrons. The molecule has 0 spiro atoms. The molecule has 1 atom stereocenters. The maximum absolute atomic E-state index is 12.9. The fourth-order valence-corrected chi connectivity index (χ4v) is 4.13. The lowest BCUT2D eigenvalue weighted by atomic mass is 9.97. The summed E-state index contributed by atoms with van der Waals surface area (Å²) >= 11 is 12.4. The SMILES string of the molecule is CCOc1nc2ccccc2nc1N1CCCC(C(=O)Nc2c(Cl)cccc2Cl)C1. The van der Waals surface area contributed by atoms with Crippen LogP contribution in [0.1, 0.15) is 19.8 Å². The van der Waals surface area contributed by atoms with Gasteiger partial charge in [-0.25, -0.2) is 9.97 Å². The molecule has 1 fully saturated rings. The normalized spacial score (nSPS) is 16.5. The zero-order chi connectivity index (χ0) is 21.1. The van der Waals surface area contributed by atoms with E-state index in [0.29, 0.717) is 40.6 Å². The zero-order valence-corrected chi connectivity index (χ0v) is 18.1. The first-order valence-corrected chi connectivity index (χ1v) is 10.7. The largest absolute Gasteiger partial charge is 0.475 e. The number of amides is 1. The Morgan fingerprint density at radius 1 is 1.13 bits per heavy atom. The fraction of sp³-hybridized carbons (Fsp3) is 0.318. The van der Waals surface area contributed by atoms with Crippen LogP contribution in [0.5, 0.6) is 5.88 Å². The quantitative estimate of drug-likeness (QED) is 0.586. The highest BCUT2D eigenvalue weighted by molar-refractivity contribution is 6.39. The molecule has 0 bridgehead atoms. The molecule has 1 saturated heterocycles. The smallest absolute Gasteiger partial charge is 0.258 e. The molecule has 3 aromatic rings. The van der Waals surface area contributed by atoms with Crippen LogP contribution >= 0.6 is 23.2 Å². The van der Waals surface area contributed by atoms with Gasteiger partial charge < -0.3 is 15.0 Å². The summed E-state index contributed by atoms with van der Waals surface area (Å²) in [7, 11) is 0. The van der Waals surface area contributed by atoms with Gasteiger partial charge in [-0.3, -0.25) is 4.79 Å². The van der Waals surface area contributed by atoms with Gasteiger partial charge in [0.1, 0.15) is 0 Å². The lowest BCUT2D eigenvalue weighted by Gasteiger charge is -2.33. The number of carbonyl (C=O) groups excluding carboxylic acids is 1. The summed E-state index contributed by atoms with van der Waals surface area (Å²) in [5, 5.41) is 3.73. The van der Waals surface area contributed by atoms with Crippen molar-refractivity contribution in [3.05, 3.63) is 52.5 Å². The summed E-state index contributed by atoms with van der Waals surface area (Å²) in [5.74, 6) is 0.825. The van der Waals surface area contributed by atoms with Crippen LogP contribution < -0.4 is 15.0 Å². The zero-order valence-electron chi connectivity index (χ0n) is 16.6. The third kappa shape index (κ3) is 4.30. The van der Waals surface area contributed by atoms with Gasteiger partial charge in [0.2, 0.25) is 5.91 Å². The van der Waals surface area contributed by atoms with E-state index in [0.717, 1.165) is 30.4 Å². The highest BCUT2D eigenvalue weighted by Crippen LogP contribution is 2.33. The minimum atomic E-state index is -0.228. The van der Waals surface area contributed by atoms with Gasteiger partial charge in [-0.05, 0) is 44.0 Å². The summed E-state index contributed by atoms with van der Waals surface area (Å²) in [6, 6.07) is 12.8. The average Bonchev–Trinajstić information content (AvgIpc) is 2.76. The minimum absolute atomic E-state index is 0.110. The number of benzene rings is 2. The molecule has 1 aromatic heterocycles. The van der Waals surface area contributed by atoms with Crippen molar-refractivity contribution in [2.45, 2.75) is 19.8 Å². The molecule has 8 heteroatoms. The Hall–Kier alpha value is -2.57. The number of carbonyl (C=O) groups is 1. The number of anilines is 2. The Balaban J connectivity index is 1.58. The van der Waals surface area contributed by atoms with Gasteiger partial charge in [0.15, 0.2) is 5.82 Å². The van der Waals surface area contributed by atoms with Crippen LogP contribution in [0.15, 0.2) is 42.5 Å². The van der Waals surface area contributed by atoms with Crippen LogP contribution in [-0.4, -0.2) is 35.6 Å². The van der Waals surface area contributed by atoms with E-state index < -0.39 is 0 Å². The number of piperidine rings is 1. The van der Waals surface area contributed by atoms with E-state index in [1.165, 1.54) is 0 Å². The number of nitrogens with one attached hydrogen (secondary N) is 1. The molecule has 1 amide bonds. The highest BCUT2D eigenvalue weighted by Gasteiger charge is 2.29. The summed E-state index contributed by atoms with van der Waals surface area (Å²) in [5.41, 5.74) is 2.03. The third-order valence-electron chi connectivity index (χ3n) is 5.11. The molecule has 6 nitrogen and oxygen atoms in total. The molecule has 30 heavy (non-hydrogen) atoms. The van der Waals surface area contributed by atoms with E-state index in [2.05, 4.69) is 15.2 Å². The predicted octanol–water partition coefficient (Wildman–Crippen LogP) is 5.19. The number of halogens is 2. The highest BCUT2D eigenvalue weighted by atomic mass is 35.5. The minimum Gasteiger partial charge on any atom is -0.475 e. The van der Waals surface area contributed by atoms with Gasteiger partial charge in [0.05, 0.1) is 39.3 Å².